The molecule has 3 heterocycles. The number of nitrogens with two attached hydrogens (primary N) is 1. The van der Waals surface area contributed by atoms with Gasteiger partial charge in [-0.1, -0.05) is 18.0 Å². The maximum Gasteiger partial charge on any atom is 0.129 e. The molecule has 2 aliphatic heterocycles. The highest BCUT2D eigenvalue weighted by atomic mass is 35.5. The number of fused-ring (bicyclic) bond motifs is 1. The van der Waals surface area contributed by atoms with E-state index in [0.717, 1.165) is 24.6 Å². The first kappa shape index (κ1) is 14.1. The van der Waals surface area contributed by atoms with E-state index < -0.39 is 0 Å². The van der Waals surface area contributed by atoms with Crippen LogP contribution >= 0.6 is 11.6 Å². The first-order valence-electron chi connectivity index (χ1n) is 7.55. The Hall–Kier alpha value is -0.840. The number of hydrogen-bond donors (Lipinski definition) is 1. The van der Waals surface area contributed by atoms with Gasteiger partial charge in [0.1, 0.15) is 5.82 Å². The summed E-state index contributed by atoms with van der Waals surface area (Å²) in [6.07, 6.45) is 4.01. The van der Waals surface area contributed by atoms with Gasteiger partial charge < -0.3 is 10.6 Å². The summed E-state index contributed by atoms with van der Waals surface area (Å²) in [5.41, 5.74) is 6.51. The van der Waals surface area contributed by atoms with Crippen molar-refractivity contribution in [1.29, 1.82) is 0 Å². The molecular weight excluding hydrogens is 272 g/mol. The molecule has 5 heteroatoms. The Balaban J connectivity index is 1.82. The van der Waals surface area contributed by atoms with Crippen molar-refractivity contribution in [3.8, 4) is 0 Å². The van der Waals surface area contributed by atoms with Crippen molar-refractivity contribution in [2.24, 2.45) is 5.73 Å². The lowest BCUT2D eigenvalue weighted by molar-refractivity contribution is 0.115. The number of nitrogens with zero attached hydrogens (tertiary/aromatic N) is 3. The summed E-state index contributed by atoms with van der Waals surface area (Å²) in [6.45, 7) is 6.13. The fourth-order valence-corrected chi connectivity index (χ4v) is 3.63. The van der Waals surface area contributed by atoms with Gasteiger partial charge in [-0.3, -0.25) is 4.90 Å². The zero-order chi connectivity index (χ0) is 14.1. The third-order valence-electron chi connectivity index (χ3n) is 4.58. The Morgan fingerprint density at radius 1 is 1.35 bits per heavy atom. The maximum atomic E-state index is 6.11. The molecule has 3 rings (SSSR count). The van der Waals surface area contributed by atoms with Crippen LogP contribution in [-0.2, 0) is 6.54 Å². The van der Waals surface area contributed by atoms with E-state index in [4.69, 9.17) is 17.3 Å². The van der Waals surface area contributed by atoms with Crippen LogP contribution in [0, 0.1) is 0 Å². The third-order valence-corrected chi connectivity index (χ3v) is 4.92. The van der Waals surface area contributed by atoms with E-state index in [-0.39, 0.29) is 0 Å². The van der Waals surface area contributed by atoms with Crippen LogP contribution in [0.5, 0.6) is 0 Å². The van der Waals surface area contributed by atoms with Gasteiger partial charge in [-0.15, -0.1) is 0 Å². The second-order valence-electron chi connectivity index (χ2n) is 5.95. The summed E-state index contributed by atoms with van der Waals surface area (Å²) >= 11 is 6.11. The van der Waals surface area contributed by atoms with Gasteiger partial charge in [-0.2, -0.15) is 0 Å². The van der Waals surface area contributed by atoms with Gasteiger partial charge in [-0.05, 0) is 38.4 Å². The van der Waals surface area contributed by atoms with Crippen LogP contribution < -0.4 is 10.6 Å². The van der Waals surface area contributed by atoms with Crippen molar-refractivity contribution in [2.45, 2.75) is 44.8 Å². The summed E-state index contributed by atoms with van der Waals surface area (Å²) in [5, 5.41) is 0.667. The lowest BCUT2D eigenvalue weighted by atomic mass is 9.97. The fraction of sp³-hybridized carbons (Fsp3) is 0.667. The molecule has 0 aromatic carbocycles. The van der Waals surface area contributed by atoms with E-state index in [9.17, 15) is 0 Å². The SMILES string of the molecule is CC1CN2CCCCC2CN1c1ccc(Cl)c(CN)n1. The Labute approximate surface area is 125 Å². The smallest absolute Gasteiger partial charge is 0.129 e. The summed E-state index contributed by atoms with van der Waals surface area (Å²) in [5.74, 6) is 1.02. The first-order valence-corrected chi connectivity index (χ1v) is 7.93. The molecule has 0 radical (unpaired) electrons. The number of rotatable bonds is 2. The van der Waals surface area contributed by atoms with E-state index in [1.165, 1.54) is 25.8 Å². The fourth-order valence-electron chi connectivity index (χ4n) is 3.45. The quantitative estimate of drug-likeness (QED) is 0.909. The van der Waals surface area contributed by atoms with Crippen LogP contribution in [0.1, 0.15) is 31.9 Å². The van der Waals surface area contributed by atoms with Crippen LogP contribution in [0.3, 0.4) is 0 Å². The van der Waals surface area contributed by atoms with Crippen LogP contribution in [0.4, 0.5) is 5.82 Å². The number of anilines is 1. The lowest BCUT2D eigenvalue weighted by Crippen LogP contribution is -2.59. The maximum absolute atomic E-state index is 6.11. The minimum absolute atomic E-state index is 0.393. The third kappa shape index (κ3) is 2.65. The number of piperazine rings is 1. The van der Waals surface area contributed by atoms with E-state index in [1.54, 1.807) is 0 Å². The van der Waals surface area contributed by atoms with Crippen molar-refractivity contribution in [3.05, 3.63) is 22.8 Å². The number of pyridine rings is 1. The molecule has 2 N–H and O–H groups in total. The highest BCUT2D eigenvalue weighted by Gasteiger charge is 2.33. The number of aromatic nitrogens is 1. The molecular formula is C15H23ClN4. The zero-order valence-electron chi connectivity index (χ0n) is 12.1. The second-order valence-corrected chi connectivity index (χ2v) is 6.36. The molecule has 110 valence electrons. The molecule has 0 amide bonds. The number of piperidine rings is 1. The summed E-state index contributed by atoms with van der Waals surface area (Å²) in [4.78, 5) is 9.71. The van der Waals surface area contributed by atoms with Crippen molar-refractivity contribution in [3.63, 3.8) is 0 Å². The van der Waals surface area contributed by atoms with Crippen LogP contribution in [0.25, 0.3) is 0 Å². The van der Waals surface area contributed by atoms with Gasteiger partial charge >= 0.3 is 0 Å². The summed E-state index contributed by atoms with van der Waals surface area (Å²) in [7, 11) is 0. The molecule has 1 aromatic rings. The molecule has 0 saturated carbocycles. The molecule has 2 unspecified atom stereocenters. The average molecular weight is 295 g/mol. The summed E-state index contributed by atoms with van der Waals surface area (Å²) in [6, 6.07) is 5.12. The monoisotopic (exact) mass is 294 g/mol. The topological polar surface area (TPSA) is 45.4 Å². The van der Waals surface area contributed by atoms with E-state index >= 15 is 0 Å². The van der Waals surface area contributed by atoms with Crippen molar-refractivity contribution in [2.75, 3.05) is 24.5 Å². The largest absolute Gasteiger partial charge is 0.351 e. The summed E-state index contributed by atoms with van der Waals surface area (Å²) < 4.78 is 0. The molecule has 1 aromatic heterocycles. The average Bonchev–Trinajstić information content (AvgIpc) is 2.47. The van der Waals surface area contributed by atoms with Gasteiger partial charge in [0.25, 0.3) is 0 Å². The predicted octanol–water partition coefficient (Wildman–Crippen LogP) is 2.26. The van der Waals surface area contributed by atoms with Crippen molar-refractivity contribution >= 4 is 17.4 Å². The first-order chi connectivity index (χ1) is 9.69. The predicted molar refractivity (Wildman–Crippen MR) is 83.2 cm³/mol. The molecule has 2 aliphatic rings. The van der Waals surface area contributed by atoms with E-state index in [0.29, 0.717) is 23.7 Å². The molecule has 20 heavy (non-hydrogen) atoms. The van der Waals surface area contributed by atoms with Crippen molar-refractivity contribution < 1.29 is 0 Å². The Morgan fingerprint density at radius 3 is 3.00 bits per heavy atom. The van der Waals surface area contributed by atoms with Gasteiger partial charge in [0.05, 0.1) is 10.7 Å². The molecule has 4 nitrogen and oxygen atoms in total. The minimum Gasteiger partial charge on any atom is -0.351 e. The van der Waals surface area contributed by atoms with Gasteiger partial charge in [0, 0.05) is 31.7 Å². The second kappa shape index (κ2) is 5.88. The molecule has 2 atom stereocenters. The van der Waals surface area contributed by atoms with E-state index in [1.807, 2.05) is 12.1 Å². The normalized spacial score (nSPS) is 27.4. The standard InChI is InChI=1S/C15H23ClN4/c1-11-9-19-7-3-2-4-12(19)10-20(11)15-6-5-13(16)14(8-17)18-15/h5-6,11-12H,2-4,7-10,17H2,1H3. The zero-order valence-corrected chi connectivity index (χ0v) is 12.8. The molecule has 0 bridgehead atoms. The molecule has 0 spiro atoms. The molecule has 0 aliphatic carbocycles. The molecule has 2 saturated heterocycles. The number of halogens is 1. The van der Waals surface area contributed by atoms with E-state index in [2.05, 4.69) is 21.7 Å². The lowest BCUT2D eigenvalue weighted by Gasteiger charge is -2.48. The van der Waals surface area contributed by atoms with Gasteiger partial charge in [0.15, 0.2) is 0 Å². The van der Waals surface area contributed by atoms with Crippen LogP contribution in [0.2, 0.25) is 5.02 Å². The minimum atomic E-state index is 0.393. The van der Waals surface area contributed by atoms with Gasteiger partial charge in [-0.25, -0.2) is 4.98 Å². The van der Waals surface area contributed by atoms with Crippen LogP contribution in [-0.4, -0.2) is 41.6 Å². The Bertz CT molecular complexity index is 479. The molecule has 2 fully saturated rings. The van der Waals surface area contributed by atoms with Crippen molar-refractivity contribution in [1.82, 2.24) is 9.88 Å². The van der Waals surface area contributed by atoms with Crippen LogP contribution in [0.15, 0.2) is 12.1 Å². The highest BCUT2D eigenvalue weighted by molar-refractivity contribution is 6.31. The Morgan fingerprint density at radius 2 is 2.20 bits per heavy atom. The highest BCUT2D eigenvalue weighted by Crippen LogP contribution is 2.28. The van der Waals surface area contributed by atoms with Gasteiger partial charge in [0.2, 0.25) is 0 Å². The Kier molecular flexibility index (Phi) is 4.15. The number of hydrogen-bond acceptors (Lipinski definition) is 4.